The number of hydrogen-bond donors (Lipinski definition) is 1. The van der Waals surface area contributed by atoms with Gasteiger partial charge < -0.3 is 10.2 Å². The van der Waals surface area contributed by atoms with E-state index in [1.54, 1.807) is 11.1 Å². The number of anilines is 1. The maximum Gasteiger partial charge on any atom is 0.0370 e. The van der Waals surface area contributed by atoms with Crippen LogP contribution < -0.4 is 10.2 Å². The zero-order chi connectivity index (χ0) is 14.3. The van der Waals surface area contributed by atoms with E-state index in [1.165, 1.54) is 18.5 Å². The number of benzene rings is 1. The lowest BCUT2D eigenvalue weighted by Gasteiger charge is -2.38. The molecule has 2 nitrogen and oxygen atoms in total. The molecular weight excluding hydrogens is 244 g/mol. The summed E-state index contributed by atoms with van der Waals surface area (Å²) in [4.78, 5) is 2.56. The molecule has 0 spiro atoms. The summed E-state index contributed by atoms with van der Waals surface area (Å²) in [7, 11) is 0. The minimum absolute atomic E-state index is 0.577. The highest BCUT2D eigenvalue weighted by molar-refractivity contribution is 5.54. The van der Waals surface area contributed by atoms with Gasteiger partial charge in [0, 0.05) is 30.9 Å². The highest BCUT2D eigenvalue weighted by Crippen LogP contribution is 2.44. The summed E-state index contributed by atoms with van der Waals surface area (Å²) in [6.07, 6.45) is 2.77. The van der Waals surface area contributed by atoms with E-state index in [0.717, 1.165) is 19.0 Å². The van der Waals surface area contributed by atoms with Gasteiger partial charge in [0.2, 0.25) is 0 Å². The van der Waals surface area contributed by atoms with E-state index in [2.05, 4.69) is 56.1 Å². The average Bonchev–Trinajstić information content (AvgIpc) is 3.21. The Hall–Kier alpha value is -1.02. The van der Waals surface area contributed by atoms with Gasteiger partial charge in [-0.05, 0) is 61.8 Å². The minimum Gasteiger partial charge on any atom is -0.368 e. The summed E-state index contributed by atoms with van der Waals surface area (Å²) in [6.45, 7) is 11.4. The molecule has 0 amide bonds. The van der Waals surface area contributed by atoms with Crippen LogP contribution in [-0.4, -0.2) is 25.2 Å². The molecule has 2 fully saturated rings. The molecule has 0 aromatic heterocycles. The normalized spacial score (nSPS) is 27.1. The number of nitrogens with one attached hydrogen (secondary N) is 1. The van der Waals surface area contributed by atoms with E-state index in [9.17, 15) is 0 Å². The Kier molecular flexibility index (Phi) is 3.76. The second-order valence-electron chi connectivity index (χ2n) is 7.12. The topological polar surface area (TPSA) is 15.3 Å². The van der Waals surface area contributed by atoms with Crippen LogP contribution in [0.25, 0.3) is 0 Å². The van der Waals surface area contributed by atoms with Crippen LogP contribution in [0.15, 0.2) is 18.2 Å². The molecule has 110 valence electrons. The molecule has 2 atom stereocenters. The van der Waals surface area contributed by atoms with Crippen molar-refractivity contribution in [3.63, 3.8) is 0 Å². The molecule has 2 heteroatoms. The Bertz CT molecular complexity index is 466. The van der Waals surface area contributed by atoms with Crippen molar-refractivity contribution in [1.82, 2.24) is 5.32 Å². The van der Waals surface area contributed by atoms with Crippen LogP contribution >= 0.6 is 0 Å². The second kappa shape index (κ2) is 5.40. The van der Waals surface area contributed by atoms with E-state index in [-0.39, 0.29) is 0 Å². The van der Waals surface area contributed by atoms with Gasteiger partial charge in [-0.3, -0.25) is 0 Å². The minimum atomic E-state index is 0.577. The Morgan fingerprint density at radius 1 is 1.10 bits per heavy atom. The lowest BCUT2D eigenvalue weighted by atomic mass is 9.93. The van der Waals surface area contributed by atoms with Crippen molar-refractivity contribution in [2.24, 2.45) is 0 Å². The third kappa shape index (κ3) is 2.85. The molecule has 0 bridgehead atoms. The SMILES string of the molecule is CC(C)c1ccc(N2C[C@H](C)N[C@@H](C)C2)cc1C1CC1. The maximum absolute atomic E-state index is 3.62. The Balaban J connectivity index is 1.88. The van der Waals surface area contributed by atoms with Crippen molar-refractivity contribution in [2.45, 2.75) is 64.5 Å². The first-order valence-electron chi connectivity index (χ1n) is 8.19. The zero-order valence-electron chi connectivity index (χ0n) is 13.3. The molecule has 1 saturated heterocycles. The predicted octanol–water partition coefficient (Wildman–Crippen LogP) is 3.87. The summed E-state index contributed by atoms with van der Waals surface area (Å²) >= 11 is 0. The Morgan fingerprint density at radius 3 is 2.30 bits per heavy atom. The van der Waals surface area contributed by atoms with Crippen LogP contribution in [0, 0.1) is 0 Å². The monoisotopic (exact) mass is 272 g/mol. The van der Waals surface area contributed by atoms with Gasteiger partial charge in [0.1, 0.15) is 0 Å². The largest absolute Gasteiger partial charge is 0.368 e. The van der Waals surface area contributed by atoms with Crippen LogP contribution in [0.4, 0.5) is 5.69 Å². The van der Waals surface area contributed by atoms with Crippen LogP contribution in [0.3, 0.4) is 0 Å². The first-order valence-corrected chi connectivity index (χ1v) is 8.19. The van der Waals surface area contributed by atoms with Crippen LogP contribution in [-0.2, 0) is 0 Å². The van der Waals surface area contributed by atoms with Gasteiger partial charge in [-0.1, -0.05) is 19.9 Å². The highest BCUT2D eigenvalue weighted by atomic mass is 15.2. The molecule has 0 unspecified atom stereocenters. The van der Waals surface area contributed by atoms with Crippen LogP contribution in [0.1, 0.15) is 63.5 Å². The van der Waals surface area contributed by atoms with Crippen molar-refractivity contribution in [3.05, 3.63) is 29.3 Å². The number of piperazine rings is 1. The fourth-order valence-corrected chi connectivity index (χ4v) is 3.57. The van der Waals surface area contributed by atoms with Gasteiger partial charge in [-0.2, -0.15) is 0 Å². The van der Waals surface area contributed by atoms with E-state index >= 15 is 0 Å². The standard InChI is InChI=1S/C18H28N2/c1-12(2)17-8-7-16(9-18(17)15-5-6-15)20-10-13(3)19-14(4)11-20/h7-9,12-15,19H,5-6,10-11H2,1-4H3/t13-,14-/m0/s1. The molecule has 3 rings (SSSR count). The molecule has 2 aliphatic rings. The fraction of sp³-hybridized carbons (Fsp3) is 0.667. The first-order chi connectivity index (χ1) is 9.54. The molecule has 20 heavy (non-hydrogen) atoms. The average molecular weight is 272 g/mol. The Labute approximate surface area is 123 Å². The fourth-order valence-electron chi connectivity index (χ4n) is 3.57. The van der Waals surface area contributed by atoms with Gasteiger partial charge in [-0.25, -0.2) is 0 Å². The second-order valence-corrected chi connectivity index (χ2v) is 7.12. The highest BCUT2D eigenvalue weighted by Gasteiger charge is 2.28. The van der Waals surface area contributed by atoms with Crippen molar-refractivity contribution in [2.75, 3.05) is 18.0 Å². The van der Waals surface area contributed by atoms with Gasteiger partial charge in [-0.15, -0.1) is 0 Å². The predicted molar refractivity (Wildman–Crippen MR) is 86.8 cm³/mol. The lowest BCUT2D eigenvalue weighted by Crippen LogP contribution is -2.54. The van der Waals surface area contributed by atoms with Gasteiger partial charge in [0.15, 0.2) is 0 Å². The summed E-state index contributed by atoms with van der Waals surface area (Å²) in [6, 6.07) is 8.36. The molecule has 1 saturated carbocycles. The third-order valence-electron chi connectivity index (χ3n) is 4.63. The van der Waals surface area contributed by atoms with E-state index in [1.807, 2.05) is 0 Å². The molecule has 0 radical (unpaired) electrons. The zero-order valence-corrected chi connectivity index (χ0v) is 13.3. The van der Waals surface area contributed by atoms with Gasteiger partial charge in [0.05, 0.1) is 0 Å². The van der Waals surface area contributed by atoms with Crippen molar-refractivity contribution in [3.8, 4) is 0 Å². The van der Waals surface area contributed by atoms with E-state index < -0.39 is 0 Å². The molecule has 1 heterocycles. The number of hydrogen-bond acceptors (Lipinski definition) is 2. The smallest absolute Gasteiger partial charge is 0.0370 e. The molecule has 1 N–H and O–H groups in total. The van der Waals surface area contributed by atoms with E-state index in [4.69, 9.17) is 0 Å². The summed E-state index contributed by atoms with van der Waals surface area (Å²) in [5.74, 6) is 1.48. The van der Waals surface area contributed by atoms with Gasteiger partial charge >= 0.3 is 0 Å². The quantitative estimate of drug-likeness (QED) is 0.898. The van der Waals surface area contributed by atoms with Gasteiger partial charge in [0.25, 0.3) is 0 Å². The first kappa shape index (κ1) is 13.9. The lowest BCUT2D eigenvalue weighted by molar-refractivity contribution is 0.407. The van der Waals surface area contributed by atoms with Crippen LogP contribution in [0.5, 0.6) is 0 Å². The Morgan fingerprint density at radius 2 is 1.75 bits per heavy atom. The molecule has 1 aromatic rings. The molecular formula is C18H28N2. The number of rotatable bonds is 3. The number of nitrogens with zero attached hydrogens (tertiary/aromatic N) is 1. The molecule has 1 aliphatic heterocycles. The van der Waals surface area contributed by atoms with Crippen molar-refractivity contribution >= 4 is 5.69 Å². The maximum atomic E-state index is 3.62. The summed E-state index contributed by atoms with van der Waals surface area (Å²) in [5, 5.41) is 3.62. The third-order valence-corrected chi connectivity index (χ3v) is 4.63. The summed E-state index contributed by atoms with van der Waals surface area (Å²) < 4.78 is 0. The summed E-state index contributed by atoms with van der Waals surface area (Å²) in [5.41, 5.74) is 4.61. The van der Waals surface area contributed by atoms with Crippen LogP contribution in [0.2, 0.25) is 0 Å². The molecule has 1 aromatic carbocycles. The van der Waals surface area contributed by atoms with Crippen molar-refractivity contribution in [1.29, 1.82) is 0 Å². The molecule has 1 aliphatic carbocycles. The van der Waals surface area contributed by atoms with E-state index in [0.29, 0.717) is 18.0 Å². The van der Waals surface area contributed by atoms with Crippen molar-refractivity contribution < 1.29 is 0 Å².